The van der Waals surface area contributed by atoms with Crippen LogP contribution in [0.5, 0.6) is 0 Å². The van der Waals surface area contributed by atoms with Gasteiger partial charge < -0.3 is 10.6 Å². The lowest BCUT2D eigenvalue weighted by Crippen LogP contribution is -2.38. The van der Waals surface area contributed by atoms with Gasteiger partial charge in [-0.05, 0) is 26.2 Å². The number of carbonyl (C=O) groups excluding carboxylic acids is 1. The third-order valence-electron chi connectivity index (χ3n) is 2.70. The molecule has 0 atom stereocenters. The van der Waals surface area contributed by atoms with Crippen LogP contribution in [0.1, 0.15) is 46.0 Å². The molecule has 0 radical (unpaired) electrons. The van der Waals surface area contributed by atoms with Crippen molar-refractivity contribution in [2.24, 2.45) is 0 Å². The highest BCUT2D eigenvalue weighted by Crippen LogP contribution is 2.17. The molecule has 0 aliphatic heterocycles. The van der Waals surface area contributed by atoms with Gasteiger partial charge in [0.2, 0.25) is 0 Å². The smallest absolute Gasteiger partial charge is 0.318 e. The molecule has 80 valence electrons. The average Bonchev–Trinajstić information content (AvgIpc) is 2.66. The molecule has 14 heavy (non-hydrogen) atoms. The molecule has 0 spiro atoms. The van der Waals surface area contributed by atoms with Crippen LogP contribution in [0.4, 0.5) is 4.79 Å². The monoisotopic (exact) mass is 196 g/mol. The number of hydrogen-bond donors (Lipinski definition) is 2. The lowest BCUT2D eigenvalue weighted by atomic mass is 10.2. The molecule has 0 heterocycles. The van der Waals surface area contributed by atoms with E-state index in [1.165, 1.54) is 18.4 Å². The number of allylic oxidation sites excluding steroid dienone is 1. The molecule has 1 aliphatic rings. The van der Waals surface area contributed by atoms with Gasteiger partial charge in [0.15, 0.2) is 0 Å². The Kier molecular flexibility index (Phi) is 4.50. The summed E-state index contributed by atoms with van der Waals surface area (Å²) in [7, 11) is 0. The van der Waals surface area contributed by atoms with Crippen molar-refractivity contribution in [2.45, 2.75) is 52.0 Å². The van der Waals surface area contributed by atoms with Crippen LogP contribution in [-0.2, 0) is 0 Å². The molecular weight excluding hydrogens is 176 g/mol. The Hall–Kier alpha value is -0.990. The number of rotatable bonds is 3. The maximum absolute atomic E-state index is 11.4. The SMILES string of the molecule is CC/C(C)=C/NC(=O)NC1CCCC1. The third-order valence-corrected chi connectivity index (χ3v) is 2.70. The Labute approximate surface area is 86.0 Å². The van der Waals surface area contributed by atoms with E-state index in [-0.39, 0.29) is 6.03 Å². The number of urea groups is 1. The molecule has 3 heteroatoms. The van der Waals surface area contributed by atoms with Crippen molar-refractivity contribution in [3.8, 4) is 0 Å². The van der Waals surface area contributed by atoms with Crippen molar-refractivity contribution < 1.29 is 4.79 Å². The van der Waals surface area contributed by atoms with Crippen molar-refractivity contribution >= 4 is 6.03 Å². The van der Waals surface area contributed by atoms with Crippen LogP contribution < -0.4 is 10.6 Å². The topological polar surface area (TPSA) is 41.1 Å². The lowest BCUT2D eigenvalue weighted by molar-refractivity contribution is 0.240. The summed E-state index contributed by atoms with van der Waals surface area (Å²) in [6, 6.07) is 0.329. The summed E-state index contributed by atoms with van der Waals surface area (Å²) in [5.74, 6) is 0. The number of hydrogen-bond acceptors (Lipinski definition) is 1. The fourth-order valence-electron chi connectivity index (χ4n) is 1.59. The van der Waals surface area contributed by atoms with E-state index in [4.69, 9.17) is 0 Å². The van der Waals surface area contributed by atoms with Gasteiger partial charge in [0.1, 0.15) is 0 Å². The van der Waals surface area contributed by atoms with E-state index >= 15 is 0 Å². The van der Waals surface area contributed by atoms with Gasteiger partial charge in [-0.3, -0.25) is 0 Å². The van der Waals surface area contributed by atoms with Crippen molar-refractivity contribution in [2.75, 3.05) is 0 Å². The standard InChI is InChI=1S/C11H20N2O/c1-3-9(2)8-12-11(14)13-10-6-4-5-7-10/h8,10H,3-7H2,1-2H3,(H2,12,13,14)/b9-8+. The van der Waals surface area contributed by atoms with Gasteiger partial charge in [0.05, 0.1) is 0 Å². The zero-order chi connectivity index (χ0) is 10.4. The highest BCUT2D eigenvalue weighted by molar-refractivity contribution is 5.75. The predicted octanol–water partition coefficient (Wildman–Crippen LogP) is 2.54. The molecule has 1 saturated carbocycles. The summed E-state index contributed by atoms with van der Waals surface area (Å²) in [6.07, 6.45) is 7.51. The van der Waals surface area contributed by atoms with Crippen LogP contribution in [0.25, 0.3) is 0 Å². The van der Waals surface area contributed by atoms with E-state index in [2.05, 4.69) is 17.6 Å². The quantitative estimate of drug-likeness (QED) is 0.715. The predicted molar refractivity (Wildman–Crippen MR) is 58.0 cm³/mol. The van der Waals surface area contributed by atoms with Crippen LogP contribution in [0.3, 0.4) is 0 Å². The largest absolute Gasteiger partial charge is 0.335 e. The molecule has 2 N–H and O–H groups in total. The second-order valence-corrected chi connectivity index (χ2v) is 3.94. The zero-order valence-corrected chi connectivity index (χ0v) is 9.10. The van der Waals surface area contributed by atoms with Gasteiger partial charge >= 0.3 is 6.03 Å². The van der Waals surface area contributed by atoms with E-state index in [1.54, 1.807) is 6.20 Å². The van der Waals surface area contributed by atoms with Crippen LogP contribution in [0.15, 0.2) is 11.8 Å². The minimum Gasteiger partial charge on any atom is -0.335 e. The first kappa shape index (κ1) is 11.1. The maximum Gasteiger partial charge on any atom is 0.318 e. The second-order valence-electron chi connectivity index (χ2n) is 3.94. The summed E-state index contributed by atoms with van der Waals surface area (Å²) in [4.78, 5) is 11.4. The molecule has 3 nitrogen and oxygen atoms in total. The highest BCUT2D eigenvalue weighted by atomic mass is 16.2. The first-order valence-electron chi connectivity index (χ1n) is 5.45. The zero-order valence-electron chi connectivity index (χ0n) is 9.10. The molecule has 0 unspecified atom stereocenters. The molecule has 1 rings (SSSR count). The van der Waals surface area contributed by atoms with E-state index in [9.17, 15) is 4.79 Å². The molecular formula is C11H20N2O. The Balaban J connectivity index is 2.21. The summed E-state index contributed by atoms with van der Waals surface area (Å²) in [6.45, 7) is 4.08. The summed E-state index contributed by atoms with van der Waals surface area (Å²) < 4.78 is 0. The van der Waals surface area contributed by atoms with Crippen molar-refractivity contribution in [1.82, 2.24) is 10.6 Å². The van der Waals surface area contributed by atoms with Crippen LogP contribution >= 0.6 is 0 Å². The number of amides is 2. The van der Waals surface area contributed by atoms with Crippen molar-refractivity contribution in [3.63, 3.8) is 0 Å². The highest BCUT2D eigenvalue weighted by Gasteiger charge is 2.16. The van der Waals surface area contributed by atoms with Crippen molar-refractivity contribution in [1.29, 1.82) is 0 Å². The van der Waals surface area contributed by atoms with Crippen LogP contribution in [0, 0.1) is 0 Å². The Morgan fingerprint density at radius 3 is 2.64 bits per heavy atom. The van der Waals surface area contributed by atoms with Crippen LogP contribution in [0.2, 0.25) is 0 Å². The van der Waals surface area contributed by atoms with Gasteiger partial charge in [-0.15, -0.1) is 0 Å². The number of carbonyl (C=O) groups is 1. The van der Waals surface area contributed by atoms with Crippen molar-refractivity contribution in [3.05, 3.63) is 11.8 Å². The fraction of sp³-hybridized carbons (Fsp3) is 0.727. The Bertz CT molecular complexity index is 217. The fourth-order valence-corrected chi connectivity index (χ4v) is 1.59. The summed E-state index contributed by atoms with van der Waals surface area (Å²) in [5, 5.41) is 5.71. The first-order chi connectivity index (χ1) is 6.72. The van der Waals surface area contributed by atoms with E-state index < -0.39 is 0 Å². The minimum absolute atomic E-state index is 0.0651. The molecule has 1 aliphatic carbocycles. The second kappa shape index (κ2) is 5.68. The Morgan fingerprint density at radius 1 is 1.43 bits per heavy atom. The first-order valence-corrected chi connectivity index (χ1v) is 5.45. The van der Waals surface area contributed by atoms with E-state index in [0.717, 1.165) is 19.3 Å². The molecule has 0 bridgehead atoms. The molecule has 0 aromatic carbocycles. The van der Waals surface area contributed by atoms with E-state index in [0.29, 0.717) is 6.04 Å². The van der Waals surface area contributed by atoms with Gasteiger partial charge in [-0.1, -0.05) is 25.3 Å². The summed E-state index contributed by atoms with van der Waals surface area (Å²) >= 11 is 0. The maximum atomic E-state index is 11.4. The lowest BCUT2D eigenvalue weighted by Gasteiger charge is -2.11. The normalized spacial score (nSPS) is 18.3. The van der Waals surface area contributed by atoms with Gasteiger partial charge in [0.25, 0.3) is 0 Å². The Morgan fingerprint density at radius 2 is 2.07 bits per heavy atom. The summed E-state index contributed by atoms with van der Waals surface area (Å²) in [5.41, 5.74) is 1.19. The van der Waals surface area contributed by atoms with Gasteiger partial charge in [0, 0.05) is 12.2 Å². The average molecular weight is 196 g/mol. The molecule has 2 amide bonds. The molecule has 0 aromatic rings. The van der Waals surface area contributed by atoms with Gasteiger partial charge in [-0.2, -0.15) is 0 Å². The molecule has 0 saturated heterocycles. The van der Waals surface area contributed by atoms with E-state index in [1.807, 2.05) is 6.92 Å². The number of nitrogens with one attached hydrogen (secondary N) is 2. The molecule has 1 fully saturated rings. The minimum atomic E-state index is -0.0651. The third kappa shape index (κ3) is 3.81. The van der Waals surface area contributed by atoms with Crippen LogP contribution in [-0.4, -0.2) is 12.1 Å². The molecule has 0 aromatic heterocycles. The van der Waals surface area contributed by atoms with Gasteiger partial charge in [-0.25, -0.2) is 4.79 Å².